The van der Waals surface area contributed by atoms with Crippen LogP contribution in [0.15, 0.2) is 95.9 Å². The molecule has 2 amide bonds. The van der Waals surface area contributed by atoms with E-state index in [0.29, 0.717) is 16.9 Å². The second-order valence-corrected chi connectivity index (χ2v) is 7.66. The minimum absolute atomic E-state index is 0.159. The molecule has 0 atom stereocenters. The maximum atomic E-state index is 12.7. The van der Waals surface area contributed by atoms with Gasteiger partial charge in [-0.25, -0.2) is 0 Å². The van der Waals surface area contributed by atoms with Crippen molar-refractivity contribution < 1.29 is 9.59 Å². The molecule has 0 radical (unpaired) electrons. The smallest absolute Gasteiger partial charge is 0.273 e. The molecule has 4 aromatic rings. The van der Waals surface area contributed by atoms with Gasteiger partial charge in [-0.1, -0.05) is 48.5 Å². The van der Waals surface area contributed by atoms with E-state index in [-0.39, 0.29) is 11.8 Å². The van der Waals surface area contributed by atoms with Gasteiger partial charge >= 0.3 is 0 Å². The minimum Gasteiger partial charge on any atom is -0.321 e. The monoisotopic (exact) mass is 428 g/mol. The van der Waals surface area contributed by atoms with E-state index in [4.69, 9.17) is 0 Å². The maximum Gasteiger partial charge on any atom is 0.273 e. The summed E-state index contributed by atoms with van der Waals surface area (Å²) in [4.78, 5) is 25.7. The fourth-order valence-corrected chi connectivity index (χ4v) is 3.59. The molecule has 0 saturated heterocycles. The van der Waals surface area contributed by atoms with E-state index >= 15 is 0 Å². The van der Waals surface area contributed by atoms with Crippen LogP contribution in [0.5, 0.6) is 0 Å². The Kier molecular flexibility index (Phi) is 6.14. The van der Waals surface area contributed by atoms with Crippen LogP contribution in [0, 0.1) is 0 Å². The van der Waals surface area contributed by atoms with E-state index in [1.807, 2.05) is 60.7 Å². The first kappa shape index (κ1) is 20.4. The molecule has 0 saturated carbocycles. The van der Waals surface area contributed by atoms with Crippen molar-refractivity contribution in [1.29, 1.82) is 0 Å². The summed E-state index contributed by atoms with van der Waals surface area (Å²) < 4.78 is 4.38. The molecular weight excluding hydrogens is 408 g/mol. The van der Waals surface area contributed by atoms with E-state index < -0.39 is 0 Å². The van der Waals surface area contributed by atoms with Crippen LogP contribution in [-0.4, -0.2) is 21.6 Å². The first-order valence-corrected chi connectivity index (χ1v) is 10.4. The lowest BCUT2D eigenvalue weighted by atomic mass is 10.1. The predicted octanol–water partition coefficient (Wildman–Crippen LogP) is 4.78. The fourth-order valence-electron chi connectivity index (χ4n) is 2.98. The average Bonchev–Trinajstić information content (AvgIpc) is 3.21. The number of nitrogens with zero attached hydrogens (tertiary/aromatic N) is 2. The first-order chi connectivity index (χ1) is 15.1. The number of carbonyl (C=O) groups is 2. The summed E-state index contributed by atoms with van der Waals surface area (Å²) >= 11 is 1.22. The third-order valence-electron chi connectivity index (χ3n) is 4.59. The SMILES string of the molecule is Cn1nc(-c2ccccc2)cc1C(=O)Nc1ccc(SNC(=O)c2ccccc2)cc1. The van der Waals surface area contributed by atoms with Crippen LogP contribution in [0.2, 0.25) is 0 Å². The van der Waals surface area contributed by atoms with Gasteiger partial charge in [0.25, 0.3) is 11.8 Å². The van der Waals surface area contributed by atoms with Gasteiger partial charge in [0.1, 0.15) is 5.69 Å². The Hall–Kier alpha value is -3.84. The Labute approximate surface area is 184 Å². The van der Waals surface area contributed by atoms with E-state index in [0.717, 1.165) is 16.2 Å². The Bertz CT molecular complexity index is 1190. The van der Waals surface area contributed by atoms with Crippen LogP contribution in [-0.2, 0) is 7.05 Å². The molecule has 2 N–H and O–H groups in total. The second kappa shape index (κ2) is 9.32. The van der Waals surface area contributed by atoms with Gasteiger partial charge in [0.15, 0.2) is 0 Å². The van der Waals surface area contributed by atoms with Crippen molar-refractivity contribution in [3.8, 4) is 11.3 Å². The van der Waals surface area contributed by atoms with E-state index in [2.05, 4.69) is 15.1 Å². The highest BCUT2D eigenvalue weighted by molar-refractivity contribution is 7.98. The standard InChI is InChI=1S/C24H20N4O2S/c1-28-22(16-21(26-28)17-8-4-2-5-9-17)24(30)25-19-12-14-20(15-13-19)31-27-23(29)18-10-6-3-7-11-18/h2-16H,1H3,(H,25,30)(H,27,29). The van der Waals surface area contributed by atoms with Crippen LogP contribution in [0.25, 0.3) is 11.3 Å². The molecule has 0 fully saturated rings. The molecule has 3 aromatic carbocycles. The van der Waals surface area contributed by atoms with Crippen molar-refractivity contribution in [3.63, 3.8) is 0 Å². The van der Waals surface area contributed by atoms with Gasteiger partial charge in [-0.05, 0) is 54.4 Å². The highest BCUT2D eigenvalue weighted by Crippen LogP contribution is 2.21. The molecule has 1 aromatic heterocycles. The summed E-state index contributed by atoms with van der Waals surface area (Å²) in [5.41, 5.74) is 3.42. The molecule has 6 nitrogen and oxygen atoms in total. The van der Waals surface area contributed by atoms with Gasteiger partial charge in [-0.15, -0.1) is 0 Å². The maximum absolute atomic E-state index is 12.7. The minimum atomic E-state index is -0.241. The molecule has 31 heavy (non-hydrogen) atoms. The molecule has 0 unspecified atom stereocenters. The van der Waals surface area contributed by atoms with Crippen LogP contribution < -0.4 is 10.0 Å². The molecule has 0 aliphatic carbocycles. The molecule has 4 rings (SSSR count). The van der Waals surface area contributed by atoms with Crippen molar-refractivity contribution in [1.82, 2.24) is 14.5 Å². The lowest BCUT2D eigenvalue weighted by molar-refractivity contribution is 0.0982. The summed E-state index contributed by atoms with van der Waals surface area (Å²) in [6, 6.07) is 27.8. The number of rotatable bonds is 6. The zero-order valence-electron chi connectivity index (χ0n) is 16.8. The van der Waals surface area contributed by atoms with Gasteiger partial charge in [0.05, 0.1) is 5.69 Å². The van der Waals surface area contributed by atoms with Gasteiger partial charge in [0.2, 0.25) is 0 Å². The van der Waals surface area contributed by atoms with Gasteiger partial charge in [-0.3, -0.25) is 19.0 Å². The lowest BCUT2D eigenvalue weighted by Gasteiger charge is -2.07. The molecule has 7 heteroatoms. The molecular formula is C24H20N4O2S. The Balaban J connectivity index is 1.37. The average molecular weight is 429 g/mol. The summed E-state index contributed by atoms with van der Waals surface area (Å²) in [7, 11) is 1.75. The number of aromatic nitrogens is 2. The highest BCUT2D eigenvalue weighted by Gasteiger charge is 2.14. The summed E-state index contributed by atoms with van der Waals surface area (Å²) in [5, 5.41) is 7.32. The topological polar surface area (TPSA) is 76.0 Å². The number of aryl methyl sites for hydroxylation is 1. The van der Waals surface area contributed by atoms with Crippen molar-refractivity contribution in [2.45, 2.75) is 4.90 Å². The largest absolute Gasteiger partial charge is 0.321 e. The Morgan fingerprint density at radius 3 is 2.16 bits per heavy atom. The number of nitrogens with one attached hydrogen (secondary N) is 2. The van der Waals surface area contributed by atoms with Gasteiger partial charge < -0.3 is 5.32 Å². The van der Waals surface area contributed by atoms with Crippen LogP contribution >= 0.6 is 11.9 Å². The van der Waals surface area contributed by atoms with E-state index in [1.54, 1.807) is 42.1 Å². The van der Waals surface area contributed by atoms with Crippen molar-refractivity contribution in [2.75, 3.05) is 5.32 Å². The van der Waals surface area contributed by atoms with E-state index in [1.165, 1.54) is 11.9 Å². The normalized spacial score (nSPS) is 10.5. The number of anilines is 1. The molecule has 1 heterocycles. The number of hydrogen-bond acceptors (Lipinski definition) is 4. The molecule has 0 spiro atoms. The lowest BCUT2D eigenvalue weighted by Crippen LogP contribution is -2.16. The van der Waals surface area contributed by atoms with Crippen LogP contribution in [0.4, 0.5) is 5.69 Å². The zero-order valence-corrected chi connectivity index (χ0v) is 17.6. The molecule has 0 bridgehead atoms. The van der Waals surface area contributed by atoms with Gasteiger partial charge in [0, 0.05) is 28.8 Å². The number of carbonyl (C=O) groups excluding carboxylic acids is 2. The highest BCUT2D eigenvalue weighted by atomic mass is 32.2. The predicted molar refractivity (Wildman–Crippen MR) is 123 cm³/mol. The van der Waals surface area contributed by atoms with Crippen LogP contribution in [0.3, 0.4) is 0 Å². The van der Waals surface area contributed by atoms with Crippen molar-refractivity contribution in [2.24, 2.45) is 7.05 Å². The van der Waals surface area contributed by atoms with Gasteiger partial charge in [-0.2, -0.15) is 5.10 Å². The van der Waals surface area contributed by atoms with E-state index in [9.17, 15) is 9.59 Å². The summed E-state index contributed by atoms with van der Waals surface area (Å²) in [6.07, 6.45) is 0. The van der Waals surface area contributed by atoms with Crippen molar-refractivity contribution in [3.05, 3.63) is 102 Å². The zero-order chi connectivity index (χ0) is 21.6. The first-order valence-electron chi connectivity index (χ1n) is 9.63. The third kappa shape index (κ3) is 5.02. The Morgan fingerprint density at radius 2 is 1.48 bits per heavy atom. The second-order valence-electron chi connectivity index (χ2n) is 6.78. The molecule has 154 valence electrons. The summed E-state index contributed by atoms with van der Waals surface area (Å²) in [6.45, 7) is 0. The Morgan fingerprint density at radius 1 is 0.839 bits per heavy atom. The third-order valence-corrected chi connectivity index (χ3v) is 5.39. The number of hydrogen-bond donors (Lipinski definition) is 2. The number of amides is 2. The number of benzene rings is 3. The quantitative estimate of drug-likeness (QED) is 0.434. The molecule has 0 aliphatic heterocycles. The fraction of sp³-hybridized carbons (Fsp3) is 0.0417. The summed E-state index contributed by atoms with van der Waals surface area (Å²) in [5.74, 6) is -0.400. The van der Waals surface area contributed by atoms with Crippen LogP contribution in [0.1, 0.15) is 20.8 Å². The van der Waals surface area contributed by atoms with Crippen molar-refractivity contribution >= 4 is 29.4 Å². The molecule has 0 aliphatic rings.